The summed E-state index contributed by atoms with van der Waals surface area (Å²) in [5, 5.41) is 5.96. The van der Waals surface area contributed by atoms with E-state index in [9.17, 15) is 13.2 Å². The monoisotopic (exact) mass is 297 g/mol. The SMILES string of the molecule is CNS(=O)(=O)c1cccc(NC(=O)[C@H]2CCCNC2)c1. The highest BCUT2D eigenvalue weighted by atomic mass is 32.2. The minimum atomic E-state index is -3.49. The number of rotatable bonds is 4. The number of piperidine rings is 1. The van der Waals surface area contributed by atoms with Gasteiger partial charge >= 0.3 is 0 Å². The first kappa shape index (κ1) is 15.0. The number of carbonyl (C=O) groups is 1. The van der Waals surface area contributed by atoms with E-state index >= 15 is 0 Å². The van der Waals surface area contributed by atoms with Crippen molar-refractivity contribution in [1.29, 1.82) is 0 Å². The van der Waals surface area contributed by atoms with Gasteiger partial charge in [0.15, 0.2) is 0 Å². The van der Waals surface area contributed by atoms with Crippen molar-refractivity contribution in [3.05, 3.63) is 24.3 Å². The summed E-state index contributed by atoms with van der Waals surface area (Å²) in [5.41, 5.74) is 0.497. The first-order valence-electron chi connectivity index (χ1n) is 6.58. The average molecular weight is 297 g/mol. The maximum atomic E-state index is 12.1. The molecule has 20 heavy (non-hydrogen) atoms. The Bertz CT molecular complexity index is 580. The number of hydrogen-bond donors (Lipinski definition) is 3. The Morgan fingerprint density at radius 3 is 2.85 bits per heavy atom. The summed E-state index contributed by atoms with van der Waals surface area (Å²) in [7, 11) is -2.14. The summed E-state index contributed by atoms with van der Waals surface area (Å²) >= 11 is 0. The van der Waals surface area contributed by atoms with Gasteiger partial charge in [-0.25, -0.2) is 13.1 Å². The number of anilines is 1. The number of amides is 1. The molecule has 0 aliphatic carbocycles. The smallest absolute Gasteiger partial charge is 0.240 e. The van der Waals surface area contributed by atoms with Crippen molar-refractivity contribution in [2.75, 3.05) is 25.5 Å². The number of nitrogens with one attached hydrogen (secondary N) is 3. The molecule has 1 aromatic carbocycles. The minimum Gasteiger partial charge on any atom is -0.326 e. The fraction of sp³-hybridized carbons (Fsp3) is 0.462. The highest BCUT2D eigenvalue weighted by molar-refractivity contribution is 7.89. The number of hydrogen-bond acceptors (Lipinski definition) is 4. The highest BCUT2D eigenvalue weighted by Gasteiger charge is 2.21. The van der Waals surface area contributed by atoms with Crippen LogP contribution in [0.5, 0.6) is 0 Å². The van der Waals surface area contributed by atoms with E-state index < -0.39 is 10.0 Å². The van der Waals surface area contributed by atoms with Crippen LogP contribution in [-0.2, 0) is 14.8 Å². The molecule has 1 aromatic rings. The largest absolute Gasteiger partial charge is 0.326 e. The molecule has 1 aliphatic heterocycles. The number of benzene rings is 1. The second kappa shape index (κ2) is 6.34. The molecule has 6 nitrogen and oxygen atoms in total. The van der Waals surface area contributed by atoms with Crippen LogP contribution in [0.15, 0.2) is 29.2 Å². The first-order valence-corrected chi connectivity index (χ1v) is 8.06. The molecule has 7 heteroatoms. The molecule has 1 fully saturated rings. The molecular weight excluding hydrogens is 278 g/mol. The van der Waals surface area contributed by atoms with E-state index in [1.807, 2.05) is 0 Å². The lowest BCUT2D eigenvalue weighted by Gasteiger charge is -2.22. The van der Waals surface area contributed by atoms with E-state index in [0.29, 0.717) is 12.2 Å². The molecule has 0 unspecified atom stereocenters. The molecular formula is C13H19N3O3S. The summed E-state index contributed by atoms with van der Waals surface area (Å²) in [6.07, 6.45) is 1.83. The van der Waals surface area contributed by atoms with Crippen LogP contribution in [0.2, 0.25) is 0 Å². The maximum Gasteiger partial charge on any atom is 0.240 e. The lowest BCUT2D eigenvalue weighted by atomic mass is 9.99. The van der Waals surface area contributed by atoms with Crippen LogP contribution < -0.4 is 15.4 Å². The molecule has 1 saturated heterocycles. The lowest BCUT2D eigenvalue weighted by Crippen LogP contribution is -2.37. The van der Waals surface area contributed by atoms with Crippen LogP contribution in [-0.4, -0.2) is 34.5 Å². The molecule has 1 amide bonds. The van der Waals surface area contributed by atoms with E-state index in [1.165, 1.54) is 19.2 Å². The number of carbonyl (C=O) groups excluding carboxylic acids is 1. The van der Waals surface area contributed by atoms with Gasteiger partial charge in [0.1, 0.15) is 0 Å². The van der Waals surface area contributed by atoms with E-state index in [-0.39, 0.29) is 16.7 Å². The Morgan fingerprint density at radius 1 is 1.40 bits per heavy atom. The fourth-order valence-electron chi connectivity index (χ4n) is 2.18. The van der Waals surface area contributed by atoms with Gasteiger partial charge in [0.2, 0.25) is 15.9 Å². The van der Waals surface area contributed by atoms with Crippen molar-refractivity contribution in [3.8, 4) is 0 Å². The molecule has 2 rings (SSSR count). The van der Waals surface area contributed by atoms with Gasteiger partial charge in [0.05, 0.1) is 10.8 Å². The Hall–Kier alpha value is -1.44. The van der Waals surface area contributed by atoms with Crippen LogP contribution in [0.1, 0.15) is 12.8 Å². The Morgan fingerprint density at radius 2 is 2.20 bits per heavy atom. The molecule has 1 aliphatic rings. The van der Waals surface area contributed by atoms with Crippen LogP contribution in [0, 0.1) is 5.92 Å². The van der Waals surface area contributed by atoms with Gasteiger partial charge in [-0.2, -0.15) is 0 Å². The van der Waals surface area contributed by atoms with Crippen molar-refractivity contribution >= 4 is 21.6 Å². The van der Waals surface area contributed by atoms with E-state index in [0.717, 1.165) is 19.4 Å². The van der Waals surface area contributed by atoms with Gasteiger partial charge < -0.3 is 10.6 Å². The van der Waals surface area contributed by atoms with Gasteiger partial charge in [0.25, 0.3) is 0 Å². The summed E-state index contributed by atoms with van der Waals surface area (Å²) in [4.78, 5) is 12.2. The third kappa shape index (κ3) is 3.56. The van der Waals surface area contributed by atoms with Crippen molar-refractivity contribution in [2.45, 2.75) is 17.7 Å². The first-order chi connectivity index (χ1) is 9.53. The standard InChI is InChI=1S/C13H19N3O3S/c1-14-20(18,19)12-6-2-5-11(8-12)16-13(17)10-4-3-7-15-9-10/h2,5-6,8,10,14-15H,3-4,7,9H2,1H3,(H,16,17)/t10-/m0/s1. The Labute approximate surface area is 119 Å². The van der Waals surface area contributed by atoms with Gasteiger partial charge in [-0.1, -0.05) is 6.07 Å². The van der Waals surface area contributed by atoms with Crippen molar-refractivity contribution in [3.63, 3.8) is 0 Å². The molecule has 0 bridgehead atoms. The average Bonchev–Trinajstić information content (AvgIpc) is 2.48. The molecule has 110 valence electrons. The predicted octanol–water partition coefficient (Wildman–Crippen LogP) is 0.533. The molecule has 0 aromatic heterocycles. The van der Waals surface area contributed by atoms with Crippen molar-refractivity contribution < 1.29 is 13.2 Å². The molecule has 0 radical (unpaired) electrons. The van der Waals surface area contributed by atoms with Crippen LogP contribution in [0.25, 0.3) is 0 Å². The zero-order valence-corrected chi connectivity index (χ0v) is 12.2. The molecule has 0 spiro atoms. The number of sulfonamides is 1. The Balaban J connectivity index is 2.10. The van der Waals surface area contributed by atoms with E-state index in [4.69, 9.17) is 0 Å². The van der Waals surface area contributed by atoms with E-state index in [2.05, 4.69) is 15.4 Å². The molecule has 1 atom stereocenters. The zero-order chi connectivity index (χ0) is 14.6. The minimum absolute atomic E-state index is 0.0617. The summed E-state index contributed by atoms with van der Waals surface area (Å²) in [5.74, 6) is -0.135. The fourth-order valence-corrected chi connectivity index (χ4v) is 2.95. The third-order valence-corrected chi connectivity index (χ3v) is 4.76. The van der Waals surface area contributed by atoms with Gasteiger partial charge in [-0.05, 0) is 44.6 Å². The molecule has 1 heterocycles. The van der Waals surface area contributed by atoms with Gasteiger partial charge in [-0.15, -0.1) is 0 Å². The molecule has 0 saturated carbocycles. The van der Waals surface area contributed by atoms with Crippen LogP contribution in [0.4, 0.5) is 5.69 Å². The van der Waals surface area contributed by atoms with Crippen LogP contribution in [0.3, 0.4) is 0 Å². The second-order valence-electron chi connectivity index (χ2n) is 4.77. The highest BCUT2D eigenvalue weighted by Crippen LogP contribution is 2.17. The molecule has 3 N–H and O–H groups in total. The summed E-state index contributed by atoms with van der Waals surface area (Å²) in [6.45, 7) is 1.61. The van der Waals surface area contributed by atoms with Gasteiger partial charge in [0, 0.05) is 12.2 Å². The van der Waals surface area contributed by atoms with E-state index in [1.54, 1.807) is 12.1 Å². The quantitative estimate of drug-likeness (QED) is 0.756. The zero-order valence-electron chi connectivity index (χ0n) is 11.3. The second-order valence-corrected chi connectivity index (χ2v) is 6.65. The van der Waals surface area contributed by atoms with Crippen molar-refractivity contribution in [2.24, 2.45) is 5.92 Å². The summed E-state index contributed by atoms with van der Waals surface area (Å²) in [6, 6.07) is 6.24. The maximum absolute atomic E-state index is 12.1. The topological polar surface area (TPSA) is 87.3 Å². The summed E-state index contributed by atoms with van der Waals surface area (Å²) < 4.78 is 25.7. The third-order valence-electron chi connectivity index (χ3n) is 3.35. The van der Waals surface area contributed by atoms with Crippen molar-refractivity contribution in [1.82, 2.24) is 10.0 Å². The van der Waals surface area contributed by atoms with Gasteiger partial charge in [-0.3, -0.25) is 4.79 Å². The lowest BCUT2D eigenvalue weighted by molar-refractivity contribution is -0.120. The predicted molar refractivity (Wildman–Crippen MR) is 76.9 cm³/mol. The Kier molecular flexibility index (Phi) is 4.74. The van der Waals surface area contributed by atoms with Crippen LogP contribution >= 0.6 is 0 Å². The normalized spacial score (nSPS) is 19.6.